The largest absolute Gasteiger partial charge is 0.472 e. The second-order valence-electron chi connectivity index (χ2n) is 7.08. The van der Waals surface area contributed by atoms with Crippen LogP contribution in [0.4, 0.5) is 0 Å². The van der Waals surface area contributed by atoms with E-state index in [4.69, 9.17) is 14.2 Å². The second kappa shape index (κ2) is 6.41. The Morgan fingerprint density at radius 2 is 1.76 bits per heavy atom. The highest BCUT2D eigenvalue weighted by molar-refractivity contribution is 5.21. The molecule has 10 nitrogen and oxygen atoms in total. The van der Waals surface area contributed by atoms with Gasteiger partial charge in [-0.25, -0.2) is 0 Å². The van der Waals surface area contributed by atoms with Crippen LogP contribution < -0.4 is 0 Å². The second-order valence-corrected chi connectivity index (χ2v) is 7.08. The average Bonchev–Trinajstić information content (AvgIpc) is 2.73. The topological polar surface area (TPSA) is 169 Å². The SMILES string of the molecule is CC1(O)C[C@@H](O)[C@]2(O)C=CO[C@@H](O[C@@H]3O[C@H](CO)[C@@H](O)[C@H](O)[C@H]3O)C12. The summed E-state index contributed by atoms with van der Waals surface area (Å²) in [5.41, 5.74) is -3.35. The summed E-state index contributed by atoms with van der Waals surface area (Å²) in [5, 5.41) is 70.2. The minimum atomic E-state index is -1.81. The predicted molar refractivity (Wildman–Crippen MR) is 78.6 cm³/mol. The van der Waals surface area contributed by atoms with Crippen molar-refractivity contribution in [1.82, 2.24) is 0 Å². The Balaban J connectivity index is 1.81. The summed E-state index contributed by atoms with van der Waals surface area (Å²) in [5.74, 6) is -1.10. The normalized spacial score (nSPS) is 55.7. The lowest BCUT2D eigenvalue weighted by Gasteiger charge is -2.45. The van der Waals surface area contributed by atoms with Crippen LogP contribution in [0.2, 0.25) is 0 Å². The molecule has 3 rings (SSSR count). The van der Waals surface area contributed by atoms with E-state index in [1.54, 1.807) is 0 Å². The molecule has 0 bridgehead atoms. The third-order valence-electron chi connectivity index (χ3n) is 5.25. The van der Waals surface area contributed by atoms with Gasteiger partial charge in [0, 0.05) is 6.42 Å². The van der Waals surface area contributed by atoms with E-state index >= 15 is 0 Å². The van der Waals surface area contributed by atoms with Gasteiger partial charge in [-0.3, -0.25) is 0 Å². The minimum absolute atomic E-state index is 0.129. The molecule has 0 spiro atoms. The van der Waals surface area contributed by atoms with Crippen LogP contribution in [0.15, 0.2) is 12.3 Å². The molecule has 25 heavy (non-hydrogen) atoms. The van der Waals surface area contributed by atoms with Gasteiger partial charge in [-0.2, -0.15) is 0 Å². The number of aliphatic hydroxyl groups is 7. The van der Waals surface area contributed by atoms with E-state index in [1.165, 1.54) is 13.0 Å². The quantitative estimate of drug-likeness (QED) is 0.267. The summed E-state index contributed by atoms with van der Waals surface area (Å²) in [7, 11) is 0. The lowest BCUT2D eigenvalue weighted by atomic mass is 9.81. The van der Waals surface area contributed by atoms with Crippen molar-refractivity contribution in [1.29, 1.82) is 0 Å². The van der Waals surface area contributed by atoms with Crippen LogP contribution in [0.25, 0.3) is 0 Å². The molecule has 7 N–H and O–H groups in total. The van der Waals surface area contributed by atoms with E-state index in [0.717, 1.165) is 6.26 Å². The van der Waals surface area contributed by atoms with Crippen molar-refractivity contribution in [2.75, 3.05) is 6.61 Å². The van der Waals surface area contributed by atoms with Gasteiger partial charge >= 0.3 is 0 Å². The van der Waals surface area contributed by atoms with Crippen molar-refractivity contribution < 1.29 is 50.0 Å². The number of hydrogen-bond donors (Lipinski definition) is 7. The first-order valence-corrected chi connectivity index (χ1v) is 8.04. The Hall–Kier alpha value is -0.820. The van der Waals surface area contributed by atoms with Crippen LogP contribution in [-0.4, -0.2) is 96.7 Å². The van der Waals surface area contributed by atoms with E-state index in [1.807, 2.05) is 0 Å². The first kappa shape index (κ1) is 19.0. The van der Waals surface area contributed by atoms with Crippen LogP contribution in [-0.2, 0) is 14.2 Å². The van der Waals surface area contributed by atoms with Gasteiger partial charge in [-0.05, 0) is 13.0 Å². The summed E-state index contributed by atoms with van der Waals surface area (Å²) in [6.45, 7) is 0.783. The van der Waals surface area contributed by atoms with Crippen molar-refractivity contribution in [3.63, 3.8) is 0 Å². The van der Waals surface area contributed by atoms with E-state index in [-0.39, 0.29) is 6.42 Å². The molecule has 1 saturated carbocycles. The fourth-order valence-corrected chi connectivity index (χ4v) is 3.84. The Kier molecular flexibility index (Phi) is 4.86. The Labute approximate surface area is 143 Å². The first-order valence-electron chi connectivity index (χ1n) is 8.04. The molecule has 144 valence electrons. The van der Waals surface area contributed by atoms with Crippen molar-refractivity contribution >= 4 is 0 Å². The number of fused-ring (bicyclic) bond motifs is 1. The first-order chi connectivity index (χ1) is 11.6. The van der Waals surface area contributed by atoms with Crippen LogP contribution >= 0.6 is 0 Å². The predicted octanol–water partition coefficient (Wildman–Crippen LogP) is -3.46. The molecule has 1 saturated heterocycles. The maximum absolute atomic E-state index is 10.7. The van der Waals surface area contributed by atoms with Gasteiger partial charge in [-0.1, -0.05) is 0 Å². The molecule has 0 aromatic rings. The zero-order chi connectivity index (χ0) is 18.6. The Morgan fingerprint density at radius 3 is 2.40 bits per heavy atom. The molecule has 2 aliphatic heterocycles. The summed E-state index contributed by atoms with van der Waals surface area (Å²) >= 11 is 0. The summed E-state index contributed by atoms with van der Waals surface area (Å²) in [6.07, 6.45) is -7.87. The molecule has 0 amide bonds. The van der Waals surface area contributed by atoms with Gasteiger partial charge in [0.1, 0.15) is 30.0 Å². The van der Waals surface area contributed by atoms with Crippen LogP contribution in [0, 0.1) is 5.92 Å². The molecule has 0 aromatic heterocycles. The highest BCUT2D eigenvalue weighted by Gasteiger charge is 2.64. The average molecular weight is 364 g/mol. The molecular weight excluding hydrogens is 340 g/mol. The smallest absolute Gasteiger partial charge is 0.210 e. The third-order valence-corrected chi connectivity index (χ3v) is 5.25. The maximum atomic E-state index is 10.7. The number of hydrogen-bond acceptors (Lipinski definition) is 10. The van der Waals surface area contributed by atoms with Gasteiger partial charge in [0.2, 0.25) is 6.29 Å². The number of rotatable bonds is 3. The summed E-state index contributed by atoms with van der Waals surface area (Å²) in [6, 6.07) is 0. The van der Waals surface area contributed by atoms with E-state index in [0.29, 0.717) is 0 Å². The molecule has 2 unspecified atom stereocenters. The van der Waals surface area contributed by atoms with Crippen molar-refractivity contribution in [3.8, 4) is 0 Å². The lowest BCUT2D eigenvalue weighted by Crippen LogP contribution is -2.61. The van der Waals surface area contributed by atoms with Gasteiger partial charge in [0.25, 0.3) is 0 Å². The van der Waals surface area contributed by atoms with Crippen molar-refractivity contribution in [2.24, 2.45) is 5.92 Å². The van der Waals surface area contributed by atoms with Crippen LogP contribution in [0.1, 0.15) is 13.3 Å². The molecule has 1 aliphatic carbocycles. The highest BCUT2D eigenvalue weighted by atomic mass is 16.8. The van der Waals surface area contributed by atoms with Crippen molar-refractivity contribution in [3.05, 3.63) is 12.3 Å². The molecule has 2 fully saturated rings. The minimum Gasteiger partial charge on any atom is -0.472 e. The standard InChI is InChI=1S/C15H24O10/c1-14(21)4-7(17)15(22)2-3-23-13(11(14)15)25-12-10(20)9(19)8(18)6(5-16)24-12/h2-3,6-13,16-22H,4-5H2,1H3/t6-,7-,8-,9+,10-,11?,12+,13+,14?,15-/m1/s1. The van der Waals surface area contributed by atoms with Gasteiger partial charge in [0.15, 0.2) is 6.29 Å². The molecule has 10 atom stereocenters. The Bertz CT molecular complexity index is 522. The van der Waals surface area contributed by atoms with Crippen molar-refractivity contribution in [2.45, 2.75) is 67.6 Å². The number of ether oxygens (including phenoxy) is 3. The molecule has 0 radical (unpaired) electrons. The molecule has 0 aromatic carbocycles. The fourth-order valence-electron chi connectivity index (χ4n) is 3.84. The van der Waals surface area contributed by atoms with E-state index in [2.05, 4.69) is 0 Å². The van der Waals surface area contributed by atoms with Crippen LogP contribution in [0.5, 0.6) is 0 Å². The molecule has 10 heteroatoms. The van der Waals surface area contributed by atoms with E-state index in [9.17, 15) is 35.7 Å². The summed E-state index contributed by atoms with van der Waals surface area (Å²) in [4.78, 5) is 0. The zero-order valence-electron chi connectivity index (χ0n) is 13.5. The maximum Gasteiger partial charge on any atom is 0.210 e. The lowest BCUT2D eigenvalue weighted by molar-refractivity contribution is -0.351. The number of aliphatic hydroxyl groups excluding tert-OH is 5. The van der Waals surface area contributed by atoms with Gasteiger partial charge in [0.05, 0.1) is 30.5 Å². The van der Waals surface area contributed by atoms with Gasteiger partial charge < -0.3 is 50.0 Å². The monoisotopic (exact) mass is 364 g/mol. The van der Waals surface area contributed by atoms with E-state index < -0.39 is 66.8 Å². The third kappa shape index (κ3) is 2.97. The highest BCUT2D eigenvalue weighted by Crippen LogP contribution is 2.49. The summed E-state index contributed by atoms with van der Waals surface area (Å²) < 4.78 is 16.0. The van der Waals surface area contributed by atoms with Crippen LogP contribution in [0.3, 0.4) is 0 Å². The Morgan fingerprint density at radius 1 is 1.08 bits per heavy atom. The molecular formula is C15H24O10. The van der Waals surface area contributed by atoms with Gasteiger partial charge in [-0.15, -0.1) is 0 Å². The molecule has 2 heterocycles. The fraction of sp³-hybridized carbons (Fsp3) is 0.867. The molecule has 3 aliphatic rings. The zero-order valence-corrected chi connectivity index (χ0v) is 13.5.